The van der Waals surface area contributed by atoms with Crippen molar-refractivity contribution in [2.45, 2.75) is 0 Å². The maximum Gasteiger partial charge on any atom is 0.338 e. The van der Waals surface area contributed by atoms with Gasteiger partial charge in [0.1, 0.15) is 12.4 Å². The van der Waals surface area contributed by atoms with Gasteiger partial charge in [0.2, 0.25) is 0 Å². The van der Waals surface area contributed by atoms with E-state index in [2.05, 4.69) is 0 Å². The Morgan fingerprint density at radius 1 is 1.17 bits per heavy atom. The number of rotatable bonds is 5. The number of nitrogens with two attached hydrogens (primary N) is 1. The zero-order valence-corrected chi connectivity index (χ0v) is 13.3. The average Bonchev–Trinajstić information content (AvgIpc) is 2.60. The van der Waals surface area contributed by atoms with Crippen LogP contribution in [0.1, 0.15) is 26.3 Å². The van der Waals surface area contributed by atoms with E-state index in [0.29, 0.717) is 5.56 Å². The Kier molecular flexibility index (Phi) is 5.95. The van der Waals surface area contributed by atoms with Crippen molar-refractivity contribution < 1.29 is 19.4 Å². The Morgan fingerprint density at radius 3 is 2.46 bits per heavy atom. The third kappa shape index (κ3) is 4.58. The van der Waals surface area contributed by atoms with Gasteiger partial charge >= 0.3 is 5.97 Å². The number of benzene rings is 2. The maximum atomic E-state index is 11.8. The number of hydrogen-bond donors (Lipinski definition) is 3. The smallest absolute Gasteiger partial charge is 0.338 e. The molecule has 24 heavy (non-hydrogen) atoms. The third-order valence-electron chi connectivity index (χ3n) is 3.11. The first-order chi connectivity index (χ1) is 11.5. The van der Waals surface area contributed by atoms with Crippen molar-refractivity contribution in [2.75, 3.05) is 6.61 Å². The van der Waals surface area contributed by atoms with Crippen molar-refractivity contribution in [3.05, 3.63) is 70.3 Å². The van der Waals surface area contributed by atoms with Gasteiger partial charge in [0.15, 0.2) is 0 Å². The highest BCUT2D eigenvalue weighted by Gasteiger charge is 2.08. The fraction of sp³-hybridized carbons (Fsp3) is 0.0588. The number of esters is 1. The second-order valence-electron chi connectivity index (χ2n) is 4.76. The topological polar surface area (TPSA) is 102 Å². The van der Waals surface area contributed by atoms with Crippen LogP contribution in [0.2, 0.25) is 5.02 Å². The van der Waals surface area contributed by atoms with Crippen molar-refractivity contribution in [1.29, 1.82) is 0 Å². The van der Waals surface area contributed by atoms with Gasteiger partial charge in [-0.1, -0.05) is 29.8 Å². The molecule has 0 aliphatic carbocycles. The predicted molar refractivity (Wildman–Crippen MR) is 90.5 cm³/mol. The zero-order valence-electron chi connectivity index (χ0n) is 12.5. The first-order valence-electron chi connectivity index (χ1n) is 6.94. The van der Waals surface area contributed by atoms with Gasteiger partial charge in [-0.3, -0.25) is 10.2 Å². The van der Waals surface area contributed by atoms with Gasteiger partial charge in [-0.2, -0.15) is 0 Å². The largest absolute Gasteiger partial charge is 0.506 e. The lowest BCUT2D eigenvalue weighted by molar-refractivity contribution is 0.0550. The standard InChI is InChI=1S/C17H15ClN2O4/c18-14-10-13(7-8-15(14)21)17(23)24-9-1-2-11-3-5-12(6-4-11)16(22)20-19/h1-8,10,21H,9,19H2,(H,20,22). The normalized spacial score (nSPS) is 10.6. The highest BCUT2D eigenvalue weighted by atomic mass is 35.5. The van der Waals surface area contributed by atoms with E-state index >= 15 is 0 Å². The molecule has 0 aliphatic heterocycles. The van der Waals surface area contributed by atoms with Crippen LogP contribution in [0.3, 0.4) is 0 Å². The van der Waals surface area contributed by atoms with Crippen LogP contribution in [0, 0.1) is 0 Å². The molecule has 2 aromatic rings. The molecular weight excluding hydrogens is 332 g/mol. The van der Waals surface area contributed by atoms with Crippen molar-refractivity contribution in [3.8, 4) is 5.75 Å². The fourth-order valence-electron chi connectivity index (χ4n) is 1.85. The molecule has 6 nitrogen and oxygen atoms in total. The van der Waals surface area contributed by atoms with E-state index in [1.165, 1.54) is 18.2 Å². The number of amides is 1. The molecule has 2 rings (SSSR count). The average molecular weight is 347 g/mol. The molecule has 0 aromatic heterocycles. The number of ether oxygens (including phenoxy) is 1. The van der Waals surface area contributed by atoms with Crippen LogP contribution in [0.15, 0.2) is 48.5 Å². The van der Waals surface area contributed by atoms with Crippen molar-refractivity contribution in [1.82, 2.24) is 5.43 Å². The molecule has 0 saturated carbocycles. The SMILES string of the molecule is NNC(=O)c1ccc(C=CCOC(=O)c2ccc(O)c(Cl)c2)cc1. The second-order valence-corrected chi connectivity index (χ2v) is 5.17. The third-order valence-corrected chi connectivity index (χ3v) is 3.41. The first kappa shape index (κ1) is 17.5. The lowest BCUT2D eigenvalue weighted by Gasteiger charge is -2.03. The number of phenols is 1. The molecule has 2 aromatic carbocycles. The van der Waals surface area contributed by atoms with Gasteiger partial charge in [-0.15, -0.1) is 0 Å². The molecule has 4 N–H and O–H groups in total. The molecule has 0 bridgehead atoms. The Morgan fingerprint density at radius 2 is 1.83 bits per heavy atom. The van der Waals surface area contributed by atoms with Crippen LogP contribution in [0.5, 0.6) is 5.75 Å². The summed E-state index contributed by atoms with van der Waals surface area (Å²) in [5.41, 5.74) is 3.59. The Hall–Kier alpha value is -2.83. The van der Waals surface area contributed by atoms with E-state index in [4.69, 9.17) is 22.2 Å². The van der Waals surface area contributed by atoms with Crippen LogP contribution >= 0.6 is 11.6 Å². The Bertz CT molecular complexity index is 773. The van der Waals surface area contributed by atoms with Crippen molar-refractivity contribution >= 4 is 29.6 Å². The molecule has 0 atom stereocenters. The number of nitrogens with one attached hydrogen (secondary N) is 1. The van der Waals surface area contributed by atoms with Crippen molar-refractivity contribution in [3.63, 3.8) is 0 Å². The van der Waals surface area contributed by atoms with Gasteiger partial charge in [0.25, 0.3) is 5.91 Å². The number of aromatic hydroxyl groups is 1. The molecule has 0 aliphatic rings. The molecule has 1 amide bonds. The summed E-state index contributed by atoms with van der Waals surface area (Å²) in [7, 11) is 0. The van der Waals surface area contributed by atoms with Gasteiger partial charge < -0.3 is 9.84 Å². The van der Waals surface area contributed by atoms with Crippen LogP contribution in [-0.2, 0) is 4.74 Å². The summed E-state index contributed by atoms with van der Waals surface area (Å²) in [6, 6.07) is 10.8. The number of carbonyl (C=O) groups is 2. The van der Waals surface area contributed by atoms with E-state index in [0.717, 1.165) is 5.56 Å². The van der Waals surface area contributed by atoms with Crippen LogP contribution in [-0.4, -0.2) is 23.6 Å². The van der Waals surface area contributed by atoms with E-state index in [-0.39, 0.29) is 28.8 Å². The summed E-state index contributed by atoms with van der Waals surface area (Å²) in [5.74, 6) is 4.04. The van der Waals surface area contributed by atoms with Crippen LogP contribution in [0.4, 0.5) is 0 Å². The number of phenolic OH excluding ortho intramolecular Hbond substituents is 1. The summed E-state index contributed by atoms with van der Waals surface area (Å²) in [6.45, 7) is 0.0718. The Labute approximate surface area is 143 Å². The first-order valence-corrected chi connectivity index (χ1v) is 7.32. The number of hydrogen-bond acceptors (Lipinski definition) is 5. The lowest BCUT2D eigenvalue weighted by Crippen LogP contribution is -2.29. The number of carbonyl (C=O) groups excluding carboxylic acids is 2. The molecule has 0 fully saturated rings. The molecular formula is C17H15ClN2O4. The highest BCUT2D eigenvalue weighted by Crippen LogP contribution is 2.23. The summed E-state index contributed by atoms with van der Waals surface area (Å²) >= 11 is 5.74. The number of nitrogen functional groups attached to an aromatic ring is 1. The monoisotopic (exact) mass is 346 g/mol. The molecule has 124 valence electrons. The minimum absolute atomic E-state index is 0.0718. The molecule has 0 radical (unpaired) electrons. The van der Waals surface area contributed by atoms with Gasteiger partial charge in [0.05, 0.1) is 10.6 Å². The molecule has 7 heteroatoms. The highest BCUT2D eigenvalue weighted by molar-refractivity contribution is 6.32. The minimum atomic E-state index is -0.545. The van der Waals surface area contributed by atoms with E-state index in [9.17, 15) is 14.7 Å². The van der Waals surface area contributed by atoms with Crippen LogP contribution < -0.4 is 11.3 Å². The predicted octanol–water partition coefficient (Wildman–Crippen LogP) is 2.52. The molecule has 0 heterocycles. The van der Waals surface area contributed by atoms with Crippen LogP contribution in [0.25, 0.3) is 6.08 Å². The van der Waals surface area contributed by atoms with Gasteiger partial charge in [-0.05, 0) is 42.0 Å². The minimum Gasteiger partial charge on any atom is -0.506 e. The second kappa shape index (κ2) is 8.14. The molecule has 0 spiro atoms. The molecule has 0 unspecified atom stereocenters. The zero-order chi connectivity index (χ0) is 17.5. The van der Waals surface area contributed by atoms with E-state index < -0.39 is 5.97 Å². The Balaban J connectivity index is 1.88. The number of hydrazine groups is 1. The van der Waals surface area contributed by atoms with Gasteiger partial charge in [0, 0.05) is 5.56 Å². The summed E-state index contributed by atoms with van der Waals surface area (Å²) in [5, 5.41) is 9.39. The summed E-state index contributed by atoms with van der Waals surface area (Å²) < 4.78 is 5.08. The summed E-state index contributed by atoms with van der Waals surface area (Å²) in [6.07, 6.45) is 3.42. The summed E-state index contributed by atoms with van der Waals surface area (Å²) in [4.78, 5) is 23.1. The number of halogens is 1. The fourth-order valence-corrected chi connectivity index (χ4v) is 2.03. The quantitative estimate of drug-likeness (QED) is 0.334. The van der Waals surface area contributed by atoms with E-state index in [1.54, 1.807) is 36.4 Å². The van der Waals surface area contributed by atoms with Gasteiger partial charge in [-0.25, -0.2) is 10.6 Å². The maximum absolute atomic E-state index is 11.8. The lowest BCUT2D eigenvalue weighted by atomic mass is 10.1. The molecule has 0 saturated heterocycles. The van der Waals surface area contributed by atoms with Crippen molar-refractivity contribution in [2.24, 2.45) is 5.84 Å². The van der Waals surface area contributed by atoms with E-state index in [1.807, 2.05) is 5.43 Å².